The number of hydrogen-bond acceptors (Lipinski definition) is 8. The quantitative estimate of drug-likeness (QED) is 0.0808. The van der Waals surface area contributed by atoms with Crippen LogP contribution in [0.3, 0.4) is 0 Å². The first kappa shape index (κ1) is 35.9. The fourth-order valence-corrected chi connectivity index (χ4v) is 5.93. The van der Waals surface area contributed by atoms with Crippen LogP contribution in [0.15, 0.2) is 71.9 Å². The van der Waals surface area contributed by atoms with Crippen molar-refractivity contribution in [3.8, 4) is 11.5 Å². The molecule has 0 aliphatic heterocycles. The van der Waals surface area contributed by atoms with Gasteiger partial charge in [0.05, 0.1) is 24.4 Å². The van der Waals surface area contributed by atoms with Gasteiger partial charge in [-0.25, -0.2) is 9.59 Å². The molecule has 2 N–H and O–H groups in total. The molecule has 1 aromatic carbocycles. The molecule has 0 spiro atoms. The summed E-state index contributed by atoms with van der Waals surface area (Å²) in [6.07, 6.45) is 17.4. The average molecular weight is 623 g/mol. The maximum Gasteiger partial charge on any atom is 0.335 e. The molecular formula is C37H50O8. The van der Waals surface area contributed by atoms with Crippen LogP contribution < -0.4 is 9.47 Å². The van der Waals surface area contributed by atoms with Gasteiger partial charge in [-0.3, -0.25) is 0 Å². The average Bonchev–Trinajstić information content (AvgIpc) is 3.07. The highest BCUT2D eigenvalue weighted by molar-refractivity contribution is 5.88. The van der Waals surface area contributed by atoms with Crippen LogP contribution in [0.25, 0.3) is 5.57 Å². The molecule has 0 aromatic heterocycles. The Kier molecular flexibility index (Phi) is 15.2. The van der Waals surface area contributed by atoms with E-state index in [1.807, 2.05) is 12.1 Å². The first-order valence-corrected chi connectivity index (χ1v) is 16.2. The number of ether oxygens (including phenoxy) is 4. The highest BCUT2D eigenvalue weighted by Gasteiger charge is 2.26. The van der Waals surface area contributed by atoms with Gasteiger partial charge in [-0.1, -0.05) is 43.9 Å². The summed E-state index contributed by atoms with van der Waals surface area (Å²) in [6.45, 7) is 10.5. The monoisotopic (exact) mass is 622 g/mol. The van der Waals surface area contributed by atoms with Gasteiger partial charge in [0.25, 0.3) is 0 Å². The summed E-state index contributed by atoms with van der Waals surface area (Å²) in [4.78, 5) is 23.6. The van der Waals surface area contributed by atoms with Gasteiger partial charge in [0.2, 0.25) is 0 Å². The number of aliphatic hydroxyl groups is 2. The number of esters is 2. The molecule has 0 unspecified atom stereocenters. The smallest absolute Gasteiger partial charge is 0.335 e. The lowest BCUT2D eigenvalue weighted by Gasteiger charge is -2.32. The lowest BCUT2D eigenvalue weighted by molar-refractivity contribution is -0.141. The number of hydrogen-bond donors (Lipinski definition) is 2. The van der Waals surface area contributed by atoms with Gasteiger partial charge in [0.1, 0.15) is 37.9 Å². The summed E-state index contributed by atoms with van der Waals surface area (Å²) in [6, 6.07) is 5.70. The third-order valence-corrected chi connectivity index (χ3v) is 8.50. The Morgan fingerprint density at radius 3 is 1.96 bits per heavy atom. The fourth-order valence-electron chi connectivity index (χ4n) is 5.93. The predicted octanol–water partition coefficient (Wildman–Crippen LogP) is 6.67. The second-order valence-electron chi connectivity index (χ2n) is 11.6. The molecule has 2 aliphatic rings. The van der Waals surface area contributed by atoms with Crippen molar-refractivity contribution in [2.45, 2.75) is 71.6 Å². The zero-order valence-electron chi connectivity index (χ0n) is 27.0. The Morgan fingerprint density at radius 2 is 1.44 bits per heavy atom. The summed E-state index contributed by atoms with van der Waals surface area (Å²) in [7, 11) is 0. The van der Waals surface area contributed by atoms with E-state index in [1.165, 1.54) is 49.7 Å². The second kappa shape index (κ2) is 19.0. The third kappa shape index (κ3) is 11.4. The van der Waals surface area contributed by atoms with Crippen molar-refractivity contribution < 1.29 is 38.7 Å². The molecule has 0 atom stereocenters. The van der Waals surface area contributed by atoms with Crippen LogP contribution in [0.5, 0.6) is 11.5 Å². The summed E-state index contributed by atoms with van der Waals surface area (Å²) < 4.78 is 22.1. The first-order chi connectivity index (χ1) is 21.8. The van der Waals surface area contributed by atoms with Gasteiger partial charge >= 0.3 is 11.9 Å². The van der Waals surface area contributed by atoms with E-state index in [1.54, 1.807) is 11.6 Å². The molecule has 0 bridgehead atoms. The van der Waals surface area contributed by atoms with E-state index in [4.69, 9.17) is 29.2 Å². The van der Waals surface area contributed by atoms with Gasteiger partial charge in [0, 0.05) is 6.07 Å². The molecule has 1 aromatic rings. The second-order valence-corrected chi connectivity index (χ2v) is 11.6. The number of carbonyl (C=O) groups is 2. The largest absolute Gasteiger partial charge is 0.490 e. The number of benzene rings is 1. The minimum Gasteiger partial charge on any atom is -0.490 e. The van der Waals surface area contributed by atoms with Gasteiger partial charge in [-0.05, 0) is 105 Å². The number of rotatable bonds is 18. The van der Waals surface area contributed by atoms with Crippen LogP contribution in [0.2, 0.25) is 0 Å². The highest BCUT2D eigenvalue weighted by atomic mass is 16.6. The minimum absolute atomic E-state index is 0.00444. The van der Waals surface area contributed by atoms with Crippen molar-refractivity contribution in [1.82, 2.24) is 0 Å². The van der Waals surface area contributed by atoms with Crippen LogP contribution in [-0.4, -0.2) is 61.8 Å². The zero-order chi connectivity index (χ0) is 32.6. The van der Waals surface area contributed by atoms with E-state index in [-0.39, 0.29) is 37.6 Å². The van der Waals surface area contributed by atoms with Crippen molar-refractivity contribution in [1.29, 1.82) is 0 Å². The van der Waals surface area contributed by atoms with Crippen molar-refractivity contribution in [3.05, 3.63) is 77.4 Å². The molecule has 45 heavy (non-hydrogen) atoms. The van der Waals surface area contributed by atoms with Crippen molar-refractivity contribution >= 4 is 17.5 Å². The maximum atomic E-state index is 11.8. The summed E-state index contributed by atoms with van der Waals surface area (Å²) in [5.41, 5.74) is 5.12. The summed E-state index contributed by atoms with van der Waals surface area (Å²) >= 11 is 0. The van der Waals surface area contributed by atoms with Crippen molar-refractivity contribution in [2.24, 2.45) is 11.8 Å². The zero-order valence-corrected chi connectivity index (χ0v) is 27.0. The molecule has 0 heterocycles. The molecule has 0 saturated heterocycles. The van der Waals surface area contributed by atoms with Crippen molar-refractivity contribution in [2.75, 3.05) is 39.6 Å². The molecule has 1 fully saturated rings. The normalized spacial score (nSPS) is 18.4. The SMILES string of the molecule is C=C(CO)C(=O)OCCOc1cc(OCCOC(=O)C(=C)CO)cc(C2=C(CC)C=C(C3CCC(CC/C=C/C)CC3)CC2)c1. The van der Waals surface area contributed by atoms with Crippen LogP contribution in [0.1, 0.15) is 77.2 Å². The van der Waals surface area contributed by atoms with Gasteiger partial charge in [-0.2, -0.15) is 0 Å². The van der Waals surface area contributed by atoms with Crippen LogP contribution in [0.4, 0.5) is 0 Å². The molecule has 8 nitrogen and oxygen atoms in total. The summed E-state index contributed by atoms with van der Waals surface area (Å²) in [5, 5.41) is 18.1. The summed E-state index contributed by atoms with van der Waals surface area (Å²) in [5.74, 6) is 1.28. The van der Waals surface area contributed by atoms with Gasteiger partial charge in [-0.15, -0.1) is 0 Å². The minimum atomic E-state index is -0.665. The van der Waals surface area contributed by atoms with Gasteiger partial charge < -0.3 is 29.2 Å². The van der Waals surface area contributed by atoms with E-state index in [9.17, 15) is 9.59 Å². The number of aliphatic hydroxyl groups excluding tert-OH is 2. The lowest BCUT2D eigenvalue weighted by atomic mass is 9.73. The van der Waals surface area contributed by atoms with E-state index in [2.05, 4.69) is 45.2 Å². The maximum absolute atomic E-state index is 11.8. The Hall–Kier alpha value is -3.62. The highest BCUT2D eigenvalue weighted by Crippen LogP contribution is 2.43. The van der Waals surface area contributed by atoms with Crippen LogP contribution in [0, 0.1) is 11.8 Å². The van der Waals surface area contributed by atoms with E-state index >= 15 is 0 Å². The standard InChI is InChI=1S/C37H50O8/c1-5-7-8-9-28-10-12-30(13-11-28)31-14-15-35(29(6-2)20-31)32-21-33(42-16-18-44-36(40)26(3)24-38)23-34(22-32)43-17-19-45-37(41)27(4)25-39/h5,7,20-23,28,30,38-39H,3-4,6,8-19,24-25H2,1-2H3/b7-5+. The Bertz CT molecular complexity index is 1210. The molecule has 1 saturated carbocycles. The number of carbonyl (C=O) groups excluding carboxylic acids is 2. The number of allylic oxidation sites excluding steroid dienone is 6. The van der Waals surface area contributed by atoms with E-state index in [0.29, 0.717) is 17.4 Å². The van der Waals surface area contributed by atoms with Gasteiger partial charge in [0.15, 0.2) is 0 Å². The molecule has 2 aliphatic carbocycles. The fraction of sp³-hybridized carbons (Fsp3) is 0.514. The van der Waals surface area contributed by atoms with E-state index in [0.717, 1.165) is 30.7 Å². The van der Waals surface area contributed by atoms with Crippen LogP contribution in [-0.2, 0) is 19.1 Å². The third-order valence-electron chi connectivity index (χ3n) is 8.50. The molecular weight excluding hydrogens is 572 g/mol. The lowest BCUT2D eigenvalue weighted by Crippen LogP contribution is -2.17. The molecule has 0 amide bonds. The molecule has 3 rings (SSSR count). The molecule has 246 valence electrons. The molecule has 8 heteroatoms. The van der Waals surface area contributed by atoms with Crippen molar-refractivity contribution in [3.63, 3.8) is 0 Å². The Balaban J connectivity index is 1.74. The van der Waals surface area contributed by atoms with Crippen LogP contribution >= 0.6 is 0 Å². The Labute approximate surface area is 268 Å². The first-order valence-electron chi connectivity index (χ1n) is 16.2. The Morgan fingerprint density at radius 1 is 0.867 bits per heavy atom. The molecule has 0 radical (unpaired) electrons. The topological polar surface area (TPSA) is 112 Å². The van der Waals surface area contributed by atoms with E-state index < -0.39 is 25.2 Å². The predicted molar refractivity (Wildman–Crippen MR) is 176 cm³/mol.